The summed E-state index contributed by atoms with van der Waals surface area (Å²) in [6, 6.07) is 0. The second kappa shape index (κ2) is 12.1. The Morgan fingerprint density at radius 1 is 1.00 bits per heavy atom. The summed E-state index contributed by atoms with van der Waals surface area (Å²) in [5, 5.41) is 3.28. The van der Waals surface area contributed by atoms with Crippen molar-refractivity contribution in [3.05, 3.63) is 0 Å². The van der Waals surface area contributed by atoms with Gasteiger partial charge in [-0.3, -0.25) is 0 Å². The lowest BCUT2D eigenvalue weighted by Crippen LogP contribution is -2.21. The van der Waals surface area contributed by atoms with Gasteiger partial charge in [-0.05, 0) is 38.4 Å². The fourth-order valence-corrected chi connectivity index (χ4v) is 0.802. The van der Waals surface area contributed by atoms with Crippen molar-refractivity contribution in [1.29, 1.82) is 0 Å². The van der Waals surface area contributed by atoms with Crippen LogP contribution in [0.15, 0.2) is 0 Å². The third-order valence-electron chi connectivity index (χ3n) is 1.21. The topological polar surface area (TPSA) is 12.0 Å². The van der Waals surface area contributed by atoms with Crippen molar-refractivity contribution in [2.24, 2.45) is 0 Å². The maximum absolute atomic E-state index is 3.28. The molecule has 1 aliphatic heterocycles. The first-order valence-electron chi connectivity index (χ1n) is 3.52. The fourth-order valence-electron chi connectivity index (χ4n) is 0.802. The Kier molecular flexibility index (Phi) is 15.7. The molecule has 1 fully saturated rings. The molecular weight excluding hydrogens is 141 g/mol. The van der Waals surface area contributed by atoms with E-state index < -0.39 is 0 Å². The molecule has 1 aliphatic rings. The van der Waals surface area contributed by atoms with Crippen LogP contribution in [0.4, 0.5) is 0 Å². The van der Waals surface area contributed by atoms with E-state index in [1.165, 1.54) is 32.4 Å². The monoisotopic (exact) mass is 158 g/mol. The summed E-state index contributed by atoms with van der Waals surface area (Å²) in [5.41, 5.74) is 0. The molecule has 0 unspecified atom stereocenters. The molecule has 1 N–H and O–H groups in total. The van der Waals surface area contributed by atoms with Gasteiger partial charge in [0.25, 0.3) is 0 Å². The van der Waals surface area contributed by atoms with E-state index in [-0.39, 0.29) is 8.41 Å². The molecule has 0 saturated carbocycles. The Hall–Kier alpha value is 0.375. The summed E-state index contributed by atoms with van der Waals surface area (Å²) in [7, 11) is 0. The van der Waals surface area contributed by atoms with Crippen molar-refractivity contribution in [3.63, 3.8) is 0 Å². The summed E-state index contributed by atoms with van der Waals surface area (Å²) in [4.78, 5) is 0. The largest absolute Gasteiger partial charge is 0.317 e. The Balaban J connectivity index is 0. The highest BCUT2D eigenvalue weighted by molar-refractivity contribution is 7.97. The predicted molar refractivity (Wildman–Crippen MR) is 51.9 cm³/mol. The van der Waals surface area contributed by atoms with Gasteiger partial charge in [-0.25, -0.2) is 0 Å². The molecule has 0 aromatic carbocycles. The summed E-state index contributed by atoms with van der Waals surface area (Å²) in [5.74, 6) is 0. The van der Waals surface area contributed by atoms with Gasteiger partial charge in [-0.15, -0.1) is 0 Å². The van der Waals surface area contributed by atoms with Gasteiger partial charge >= 0.3 is 0 Å². The zero-order valence-electron chi connectivity index (χ0n) is 7.02. The van der Waals surface area contributed by atoms with Gasteiger partial charge in [0.2, 0.25) is 0 Å². The molecule has 1 saturated heterocycles. The molecule has 10 heavy (non-hydrogen) atoms. The lowest BCUT2D eigenvalue weighted by atomic mass is 10.2. The van der Waals surface area contributed by atoms with Crippen LogP contribution in [-0.2, 0) is 0 Å². The quantitative estimate of drug-likeness (QED) is 0.534. The minimum absolute atomic E-state index is 0. The van der Waals surface area contributed by atoms with Crippen molar-refractivity contribution in [2.75, 3.05) is 25.6 Å². The van der Waals surface area contributed by atoms with Gasteiger partial charge < -0.3 is 5.32 Å². The van der Waals surface area contributed by atoms with Crippen molar-refractivity contribution >= 4 is 20.2 Å². The molecule has 1 nitrogen and oxygen atoms in total. The number of nitrogens with one attached hydrogen (secondary N) is 1. The van der Waals surface area contributed by atoms with Gasteiger partial charge in [0.05, 0.1) is 0 Å². The molecule has 1 heterocycles. The van der Waals surface area contributed by atoms with E-state index >= 15 is 0 Å². The molecule has 0 amide bonds. The van der Waals surface area contributed by atoms with Crippen LogP contribution in [0, 0.1) is 0 Å². The SMILES string of the molecule is C1CCNCC1.CSC.[B]. The normalized spacial score (nSPS) is 16.2. The van der Waals surface area contributed by atoms with E-state index in [4.69, 9.17) is 0 Å². The van der Waals surface area contributed by atoms with E-state index in [2.05, 4.69) is 5.32 Å². The molecule has 0 spiro atoms. The van der Waals surface area contributed by atoms with Crippen molar-refractivity contribution in [1.82, 2.24) is 5.32 Å². The van der Waals surface area contributed by atoms with Crippen LogP contribution >= 0.6 is 11.8 Å². The molecule has 0 aromatic heterocycles. The Morgan fingerprint density at radius 3 is 1.50 bits per heavy atom. The van der Waals surface area contributed by atoms with E-state index in [0.717, 1.165) is 0 Å². The van der Waals surface area contributed by atoms with Crippen LogP contribution in [0.2, 0.25) is 0 Å². The highest BCUT2D eigenvalue weighted by atomic mass is 32.2. The first-order chi connectivity index (χ1) is 4.41. The number of hydrogen-bond acceptors (Lipinski definition) is 2. The first-order valence-corrected chi connectivity index (χ1v) is 5.16. The molecule has 0 bridgehead atoms. The average Bonchev–Trinajstić information content (AvgIpc) is 1.93. The minimum Gasteiger partial charge on any atom is -0.317 e. The van der Waals surface area contributed by atoms with Crippen molar-refractivity contribution in [3.8, 4) is 0 Å². The molecule has 0 atom stereocenters. The van der Waals surface area contributed by atoms with E-state index in [9.17, 15) is 0 Å². The number of rotatable bonds is 0. The third kappa shape index (κ3) is 11.2. The van der Waals surface area contributed by atoms with Gasteiger partial charge in [-0.1, -0.05) is 6.42 Å². The highest BCUT2D eigenvalue weighted by Gasteiger charge is 1.93. The van der Waals surface area contributed by atoms with Crippen LogP contribution < -0.4 is 5.32 Å². The third-order valence-corrected chi connectivity index (χ3v) is 1.21. The number of piperidine rings is 1. The van der Waals surface area contributed by atoms with Crippen LogP contribution in [-0.4, -0.2) is 34.0 Å². The van der Waals surface area contributed by atoms with Gasteiger partial charge in [-0.2, -0.15) is 11.8 Å². The van der Waals surface area contributed by atoms with Crippen LogP contribution in [0.1, 0.15) is 19.3 Å². The van der Waals surface area contributed by atoms with E-state index in [0.29, 0.717) is 0 Å². The summed E-state index contributed by atoms with van der Waals surface area (Å²) >= 11 is 1.75. The average molecular weight is 158 g/mol. The maximum Gasteiger partial charge on any atom is 0 e. The second-order valence-electron chi connectivity index (χ2n) is 2.22. The van der Waals surface area contributed by atoms with E-state index in [1.54, 1.807) is 11.8 Å². The Labute approximate surface area is 70.9 Å². The van der Waals surface area contributed by atoms with Gasteiger partial charge in [0.1, 0.15) is 0 Å². The maximum atomic E-state index is 3.28. The molecule has 59 valence electrons. The summed E-state index contributed by atoms with van der Waals surface area (Å²) in [6.07, 6.45) is 8.30. The van der Waals surface area contributed by atoms with E-state index in [1.807, 2.05) is 12.5 Å². The van der Waals surface area contributed by atoms with Crippen molar-refractivity contribution < 1.29 is 0 Å². The van der Waals surface area contributed by atoms with Gasteiger partial charge in [0, 0.05) is 8.41 Å². The molecule has 0 aliphatic carbocycles. The lowest BCUT2D eigenvalue weighted by Gasteiger charge is -2.08. The predicted octanol–water partition coefficient (Wildman–Crippen LogP) is 1.36. The minimum atomic E-state index is 0. The standard InChI is InChI=1S/C5H11N.C2H6S.B/c1-2-4-6-5-3-1;1-3-2;/h6H,1-5H2;1-2H3;. The Bertz CT molecular complexity index is 37.4. The highest BCUT2D eigenvalue weighted by Crippen LogP contribution is 1.96. The zero-order chi connectivity index (χ0) is 6.95. The molecule has 1 rings (SSSR count). The smallest absolute Gasteiger partial charge is 0 e. The lowest BCUT2D eigenvalue weighted by molar-refractivity contribution is 0.520. The summed E-state index contributed by atoms with van der Waals surface area (Å²) < 4.78 is 0. The van der Waals surface area contributed by atoms with Crippen LogP contribution in [0.25, 0.3) is 0 Å². The van der Waals surface area contributed by atoms with Crippen molar-refractivity contribution in [2.45, 2.75) is 19.3 Å². The van der Waals surface area contributed by atoms with Crippen LogP contribution in [0.3, 0.4) is 0 Å². The summed E-state index contributed by atoms with van der Waals surface area (Å²) in [6.45, 7) is 2.50. The van der Waals surface area contributed by atoms with Gasteiger partial charge in [0.15, 0.2) is 0 Å². The Morgan fingerprint density at radius 2 is 1.40 bits per heavy atom. The molecule has 0 aromatic rings. The second-order valence-corrected chi connectivity index (χ2v) is 3.04. The number of thioether (sulfide) groups is 1. The first kappa shape index (κ1) is 13.0. The zero-order valence-corrected chi connectivity index (χ0v) is 7.84. The number of hydrogen-bond donors (Lipinski definition) is 1. The van der Waals surface area contributed by atoms with Crippen LogP contribution in [0.5, 0.6) is 0 Å². The fraction of sp³-hybridized carbons (Fsp3) is 1.00. The molecular formula is C7H17BNS. The molecule has 3 heteroatoms. The molecule has 3 radical (unpaired) electrons.